The number of rotatable bonds is 7. The molecule has 4 aromatic rings. The van der Waals surface area contributed by atoms with Crippen molar-refractivity contribution in [1.29, 1.82) is 0 Å². The first-order valence-corrected chi connectivity index (χ1v) is 11.9. The molecule has 0 radical (unpaired) electrons. The first-order valence-electron chi connectivity index (χ1n) is 10.1. The lowest BCUT2D eigenvalue weighted by molar-refractivity contribution is -0.137. The summed E-state index contributed by atoms with van der Waals surface area (Å²) in [6.45, 7) is 0.0412. The number of fused-ring (bicyclic) bond motifs is 1. The number of nitrogens with one attached hydrogen (secondary N) is 2. The molecular weight excluding hydrogens is 489 g/mol. The third-order valence-corrected chi connectivity index (χ3v) is 6.57. The molecule has 176 valence electrons. The predicted octanol–water partition coefficient (Wildman–Crippen LogP) is 5.36. The largest absolute Gasteiger partial charge is 0.416 e. The standard InChI is InChI=1S/C23H18ClF3N4O2S/c24-17-9-10-19-20(14-17)30-21(15-5-2-1-3-6-15)31-22(19)28-11-12-29-34(32,33)18-8-4-7-16(13-18)23(25,26)27/h1-10,13-14,29H,11-12H2,(H,28,30,31). The highest BCUT2D eigenvalue weighted by atomic mass is 35.5. The number of anilines is 1. The van der Waals surface area contributed by atoms with E-state index in [1.54, 1.807) is 18.2 Å². The van der Waals surface area contributed by atoms with E-state index < -0.39 is 26.7 Å². The van der Waals surface area contributed by atoms with Gasteiger partial charge in [0, 0.05) is 29.1 Å². The highest BCUT2D eigenvalue weighted by Gasteiger charge is 2.31. The van der Waals surface area contributed by atoms with Crippen LogP contribution < -0.4 is 10.0 Å². The van der Waals surface area contributed by atoms with Gasteiger partial charge in [0.25, 0.3) is 0 Å². The summed E-state index contributed by atoms with van der Waals surface area (Å²) in [5.41, 5.74) is 0.360. The van der Waals surface area contributed by atoms with Crippen LogP contribution in [-0.2, 0) is 16.2 Å². The maximum atomic E-state index is 12.9. The molecule has 1 aromatic heterocycles. The average Bonchev–Trinajstić information content (AvgIpc) is 2.81. The Morgan fingerprint density at radius 1 is 0.882 bits per heavy atom. The van der Waals surface area contributed by atoms with Gasteiger partial charge in [-0.15, -0.1) is 0 Å². The fourth-order valence-corrected chi connectivity index (χ4v) is 4.49. The van der Waals surface area contributed by atoms with E-state index in [9.17, 15) is 21.6 Å². The van der Waals surface area contributed by atoms with E-state index in [0.29, 0.717) is 33.6 Å². The van der Waals surface area contributed by atoms with Crippen molar-refractivity contribution in [1.82, 2.24) is 14.7 Å². The predicted molar refractivity (Wildman–Crippen MR) is 125 cm³/mol. The van der Waals surface area contributed by atoms with Crippen LogP contribution in [0.4, 0.5) is 19.0 Å². The number of alkyl halides is 3. The molecule has 6 nitrogen and oxygen atoms in total. The Morgan fingerprint density at radius 3 is 2.38 bits per heavy atom. The number of sulfonamides is 1. The highest BCUT2D eigenvalue weighted by molar-refractivity contribution is 7.89. The summed E-state index contributed by atoms with van der Waals surface area (Å²) in [6, 6.07) is 18.0. The van der Waals surface area contributed by atoms with E-state index >= 15 is 0 Å². The lowest BCUT2D eigenvalue weighted by Crippen LogP contribution is -2.29. The molecule has 0 unspecified atom stereocenters. The fraction of sp³-hybridized carbons (Fsp3) is 0.130. The quantitative estimate of drug-likeness (QED) is 0.330. The second-order valence-corrected chi connectivity index (χ2v) is 9.48. The molecule has 0 spiro atoms. The SMILES string of the molecule is O=S(=O)(NCCNc1nc(-c2ccccc2)nc2cc(Cl)ccc12)c1cccc(C(F)(F)F)c1. The topological polar surface area (TPSA) is 84.0 Å². The third-order valence-electron chi connectivity index (χ3n) is 4.87. The summed E-state index contributed by atoms with van der Waals surface area (Å²) < 4.78 is 66.0. The minimum absolute atomic E-state index is 0.0850. The number of halogens is 4. The Bertz CT molecular complexity index is 1430. The monoisotopic (exact) mass is 506 g/mol. The van der Waals surface area contributed by atoms with Gasteiger partial charge in [0.1, 0.15) is 5.82 Å². The Morgan fingerprint density at radius 2 is 1.65 bits per heavy atom. The Balaban J connectivity index is 1.52. The molecule has 3 aromatic carbocycles. The van der Waals surface area contributed by atoms with Gasteiger partial charge >= 0.3 is 6.18 Å². The van der Waals surface area contributed by atoms with Gasteiger partial charge in [-0.2, -0.15) is 13.2 Å². The van der Waals surface area contributed by atoms with Crippen LogP contribution in [0.2, 0.25) is 5.02 Å². The van der Waals surface area contributed by atoms with Crippen LogP contribution in [0.5, 0.6) is 0 Å². The number of benzene rings is 3. The number of hydrogen-bond donors (Lipinski definition) is 2. The van der Waals surface area contributed by atoms with Crippen molar-refractivity contribution in [3.63, 3.8) is 0 Å². The summed E-state index contributed by atoms with van der Waals surface area (Å²) in [5, 5.41) is 4.27. The lowest BCUT2D eigenvalue weighted by atomic mass is 10.2. The van der Waals surface area contributed by atoms with Gasteiger partial charge in [-0.05, 0) is 36.4 Å². The summed E-state index contributed by atoms with van der Waals surface area (Å²) >= 11 is 6.12. The summed E-state index contributed by atoms with van der Waals surface area (Å²) in [6.07, 6.45) is -4.64. The fourth-order valence-electron chi connectivity index (χ4n) is 3.24. The molecule has 0 fully saturated rings. The van der Waals surface area contributed by atoms with Crippen molar-refractivity contribution < 1.29 is 21.6 Å². The minimum atomic E-state index is -4.64. The van der Waals surface area contributed by atoms with Gasteiger partial charge in [0.15, 0.2) is 5.82 Å². The van der Waals surface area contributed by atoms with Crippen LogP contribution in [0, 0.1) is 0 Å². The number of hydrogen-bond acceptors (Lipinski definition) is 5. The zero-order chi connectivity index (χ0) is 24.3. The highest BCUT2D eigenvalue weighted by Crippen LogP contribution is 2.30. The van der Waals surface area contributed by atoms with Crippen molar-refractivity contribution in [3.05, 3.63) is 83.4 Å². The van der Waals surface area contributed by atoms with Crippen molar-refractivity contribution in [3.8, 4) is 11.4 Å². The first kappa shape index (κ1) is 23.9. The van der Waals surface area contributed by atoms with Crippen LogP contribution >= 0.6 is 11.6 Å². The first-order chi connectivity index (χ1) is 16.1. The van der Waals surface area contributed by atoms with E-state index in [2.05, 4.69) is 20.0 Å². The third kappa shape index (κ3) is 5.46. The minimum Gasteiger partial charge on any atom is -0.368 e. The van der Waals surface area contributed by atoms with Crippen LogP contribution in [0.15, 0.2) is 77.7 Å². The second kappa shape index (κ2) is 9.57. The Labute approximate surface area is 198 Å². The van der Waals surface area contributed by atoms with Gasteiger partial charge in [-0.3, -0.25) is 0 Å². The van der Waals surface area contributed by atoms with Crippen molar-refractivity contribution >= 4 is 38.3 Å². The van der Waals surface area contributed by atoms with Gasteiger partial charge < -0.3 is 5.32 Å². The van der Waals surface area contributed by atoms with Crippen LogP contribution in [0.25, 0.3) is 22.3 Å². The molecule has 0 bridgehead atoms. The normalized spacial score (nSPS) is 12.1. The van der Waals surface area contributed by atoms with E-state index in [1.807, 2.05) is 30.3 Å². The summed E-state index contributed by atoms with van der Waals surface area (Å²) in [5.74, 6) is 0.932. The zero-order valence-corrected chi connectivity index (χ0v) is 19.0. The van der Waals surface area contributed by atoms with Crippen molar-refractivity contribution in [2.45, 2.75) is 11.1 Å². The van der Waals surface area contributed by atoms with Crippen LogP contribution in [-0.4, -0.2) is 31.5 Å². The molecule has 0 aliphatic carbocycles. The molecule has 1 heterocycles. The zero-order valence-electron chi connectivity index (χ0n) is 17.5. The van der Waals surface area contributed by atoms with E-state index in [4.69, 9.17) is 11.6 Å². The second-order valence-electron chi connectivity index (χ2n) is 7.27. The maximum absolute atomic E-state index is 12.9. The molecule has 0 aliphatic heterocycles. The van der Waals surface area contributed by atoms with Crippen molar-refractivity contribution in [2.75, 3.05) is 18.4 Å². The molecule has 0 amide bonds. The molecule has 4 rings (SSSR count). The Hall–Kier alpha value is -3.21. The Kier molecular flexibility index (Phi) is 6.74. The lowest BCUT2D eigenvalue weighted by Gasteiger charge is -2.13. The molecule has 34 heavy (non-hydrogen) atoms. The molecule has 0 saturated carbocycles. The summed E-state index contributed by atoms with van der Waals surface area (Å²) in [4.78, 5) is 8.67. The molecule has 0 aliphatic rings. The number of aromatic nitrogens is 2. The van der Waals surface area contributed by atoms with Gasteiger partial charge in [0.2, 0.25) is 10.0 Å². The van der Waals surface area contributed by atoms with Gasteiger partial charge in [0.05, 0.1) is 16.0 Å². The molecule has 11 heteroatoms. The van der Waals surface area contributed by atoms with E-state index in [-0.39, 0.29) is 13.1 Å². The summed E-state index contributed by atoms with van der Waals surface area (Å²) in [7, 11) is -4.14. The molecule has 0 atom stereocenters. The van der Waals surface area contributed by atoms with Gasteiger partial charge in [-0.25, -0.2) is 23.1 Å². The average molecular weight is 507 g/mol. The molecule has 2 N–H and O–H groups in total. The van der Waals surface area contributed by atoms with Crippen LogP contribution in [0.1, 0.15) is 5.56 Å². The van der Waals surface area contributed by atoms with Crippen molar-refractivity contribution in [2.24, 2.45) is 0 Å². The van der Waals surface area contributed by atoms with E-state index in [1.165, 1.54) is 0 Å². The molecule has 0 saturated heterocycles. The van der Waals surface area contributed by atoms with E-state index in [0.717, 1.165) is 23.8 Å². The van der Waals surface area contributed by atoms with Gasteiger partial charge in [-0.1, -0.05) is 48.0 Å². The maximum Gasteiger partial charge on any atom is 0.416 e. The van der Waals surface area contributed by atoms with Crippen LogP contribution in [0.3, 0.4) is 0 Å². The smallest absolute Gasteiger partial charge is 0.368 e. The number of nitrogens with zero attached hydrogens (tertiary/aromatic N) is 2. The molecular formula is C23H18ClF3N4O2S.